The zero-order chi connectivity index (χ0) is 8.27. The summed E-state index contributed by atoms with van der Waals surface area (Å²) in [7, 11) is 0. The van der Waals surface area contributed by atoms with Crippen LogP contribution in [0.4, 0.5) is 0 Å². The first-order valence-electron chi connectivity index (χ1n) is 4.99. The number of hydrogen-bond donors (Lipinski definition) is 1. The Bertz CT molecular complexity index is 109. The molecule has 0 saturated heterocycles. The molecule has 3 atom stereocenters. The topological polar surface area (TPSA) is 26.0 Å². The molecule has 1 heteroatoms. The lowest BCUT2D eigenvalue weighted by atomic mass is 9.77. The molecular weight excluding hydrogens is 134 g/mol. The maximum Gasteiger partial charge on any atom is 0.00388 e. The molecule has 1 fully saturated rings. The quantitative estimate of drug-likeness (QED) is 0.651. The Morgan fingerprint density at radius 3 is 2.73 bits per heavy atom. The second-order valence-electron chi connectivity index (χ2n) is 4.06. The Labute approximate surface area is 70.4 Å². The summed E-state index contributed by atoms with van der Waals surface area (Å²) in [5.74, 6) is 1.79. The molecule has 0 bridgehead atoms. The lowest BCUT2D eigenvalue weighted by molar-refractivity contribution is 0.236. The highest BCUT2D eigenvalue weighted by Gasteiger charge is 2.22. The monoisotopic (exact) mass is 155 g/mol. The van der Waals surface area contributed by atoms with Crippen LogP contribution in [0.25, 0.3) is 0 Å². The van der Waals surface area contributed by atoms with Crippen LogP contribution in [0.1, 0.15) is 46.0 Å². The molecule has 1 nitrogen and oxygen atoms in total. The number of nitrogens with two attached hydrogens (primary N) is 1. The van der Waals surface area contributed by atoms with E-state index in [0.29, 0.717) is 6.04 Å². The van der Waals surface area contributed by atoms with Gasteiger partial charge in [0.1, 0.15) is 0 Å². The fraction of sp³-hybridized carbons (Fsp3) is 1.00. The van der Waals surface area contributed by atoms with E-state index in [2.05, 4.69) is 13.8 Å². The van der Waals surface area contributed by atoms with Gasteiger partial charge < -0.3 is 5.73 Å². The number of hydrogen-bond acceptors (Lipinski definition) is 1. The molecule has 1 aliphatic carbocycles. The summed E-state index contributed by atoms with van der Waals surface area (Å²) >= 11 is 0. The first kappa shape index (κ1) is 9.05. The molecule has 2 N–H and O–H groups in total. The van der Waals surface area contributed by atoms with Crippen LogP contribution in [0.15, 0.2) is 0 Å². The minimum atomic E-state index is 0.421. The van der Waals surface area contributed by atoms with Crippen molar-refractivity contribution < 1.29 is 0 Å². The van der Waals surface area contributed by atoms with Crippen molar-refractivity contribution in [3.63, 3.8) is 0 Å². The van der Waals surface area contributed by atoms with Crippen molar-refractivity contribution >= 4 is 0 Å². The van der Waals surface area contributed by atoms with Crippen molar-refractivity contribution in [2.75, 3.05) is 0 Å². The molecule has 1 saturated carbocycles. The molecule has 66 valence electrons. The number of rotatable bonds is 2. The summed E-state index contributed by atoms with van der Waals surface area (Å²) in [6.07, 6.45) is 6.95. The van der Waals surface area contributed by atoms with E-state index in [1.54, 1.807) is 0 Å². The zero-order valence-electron chi connectivity index (χ0n) is 7.84. The minimum Gasteiger partial charge on any atom is -0.328 e. The second kappa shape index (κ2) is 4.10. The summed E-state index contributed by atoms with van der Waals surface area (Å²) in [6.45, 7) is 4.46. The van der Waals surface area contributed by atoms with Crippen molar-refractivity contribution in [2.24, 2.45) is 17.6 Å². The van der Waals surface area contributed by atoms with Gasteiger partial charge in [-0.05, 0) is 31.6 Å². The van der Waals surface area contributed by atoms with Crippen molar-refractivity contribution in [2.45, 2.75) is 52.0 Å². The lowest BCUT2D eigenvalue weighted by Crippen LogP contribution is -2.30. The van der Waals surface area contributed by atoms with Gasteiger partial charge in [0.25, 0.3) is 0 Å². The van der Waals surface area contributed by atoms with Crippen molar-refractivity contribution in [1.29, 1.82) is 0 Å². The van der Waals surface area contributed by atoms with Gasteiger partial charge in [-0.15, -0.1) is 0 Å². The van der Waals surface area contributed by atoms with Gasteiger partial charge in [-0.2, -0.15) is 0 Å². The highest BCUT2D eigenvalue weighted by molar-refractivity contribution is 4.77. The Balaban J connectivity index is 2.33. The molecule has 0 radical (unpaired) electrons. The molecule has 2 unspecified atom stereocenters. The van der Waals surface area contributed by atoms with Gasteiger partial charge in [0.2, 0.25) is 0 Å². The standard InChI is InChI=1S/C10H21N/c1-3-9-5-4-6-10(7-9)8(2)11/h8-10H,3-7,11H2,1-2H3/t8-,9?,10?/m1/s1. The molecule has 1 rings (SSSR count). The normalized spacial score (nSPS) is 35.2. The van der Waals surface area contributed by atoms with Gasteiger partial charge in [0.15, 0.2) is 0 Å². The summed E-state index contributed by atoms with van der Waals surface area (Å²) in [5.41, 5.74) is 5.88. The third-order valence-corrected chi connectivity index (χ3v) is 3.14. The molecule has 11 heavy (non-hydrogen) atoms. The Morgan fingerprint density at radius 1 is 1.45 bits per heavy atom. The first-order chi connectivity index (χ1) is 5.24. The van der Waals surface area contributed by atoms with E-state index >= 15 is 0 Å². The van der Waals surface area contributed by atoms with Crippen molar-refractivity contribution in [3.05, 3.63) is 0 Å². The third-order valence-electron chi connectivity index (χ3n) is 3.14. The van der Waals surface area contributed by atoms with E-state index in [4.69, 9.17) is 5.73 Å². The van der Waals surface area contributed by atoms with Crippen LogP contribution in [0.3, 0.4) is 0 Å². The van der Waals surface area contributed by atoms with Crippen LogP contribution in [-0.2, 0) is 0 Å². The average molecular weight is 155 g/mol. The molecule has 1 aliphatic rings. The highest BCUT2D eigenvalue weighted by Crippen LogP contribution is 2.31. The molecule has 0 heterocycles. The molecule has 0 aromatic heterocycles. The van der Waals surface area contributed by atoms with Gasteiger partial charge in [-0.1, -0.05) is 26.2 Å². The summed E-state index contributed by atoms with van der Waals surface area (Å²) in [6, 6.07) is 0.421. The van der Waals surface area contributed by atoms with Crippen LogP contribution >= 0.6 is 0 Å². The third kappa shape index (κ3) is 2.48. The van der Waals surface area contributed by atoms with Crippen LogP contribution in [-0.4, -0.2) is 6.04 Å². The summed E-state index contributed by atoms with van der Waals surface area (Å²) in [5, 5.41) is 0. The van der Waals surface area contributed by atoms with E-state index in [9.17, 15) is 0 Å². The van der Waals surface area contributed by atoms with Crippen LogP contribution in [0, 0.1) is 11.8 Å². The molecule has 0 aromatic rings. The maximum absolute atomic E-state index is 5.88. The fourth-order valence-electron chi connectivity index (χ4n) is 2.18. The Morgan fingerprint density at radius 2 is 2.18 bits per heavy atom. The largest absolute Gasteiger partial charge is 0.328 e. The van der Waals surface area contributed by atoms with Gasteiger partial charge in [0.05, 0.1) is 0 Å². The SMILES string of the molecule is CCC1CCCC([C@@H](C)N)C1. The maximum atomic E-state index is 5.88. The van der Waals surface area contributed by atoms with Gasteiger partial charge in [-0.3, -0.25) is 0 Å². The minimum absolute atomic E-state index is 0.421. The highest BCUT2D eigenvalue weighted by atomic mass is 14.6. The Hall–Kier alpha value is -0.0400. The van der Waals surface area contributed by atoms with Gasteiger partial charge in [-0.25, -0.2) is 0 Å². The molecule has 0 spiro atoms. The smallest absolute Gasteiger partial charge is 0.00388 e. The molecule has 0 aromatic carbocycles. The van der Waals surface area contributed by atoms with E-state index in [1.165, 1.54) is 32.1 Å². The summed E-state index contributed by atoms with van der Waals surface area (Å²) in [4.78, 5) is 0. The van der Waals surface area contributed by atoms with E-state index in [-0.39, 0.29) is 0 Å². The Kier molecular flexibility index (Phi) is 3.38. The second-order valence-corrected chi connectivity index (χ2v) is 4.06. The van der Waals surface area contributed by atoms with Crippen LogP contribution in [0.2, 0.25) is 0 Å². The first-order valence-corrected chi connectivity index (χ1v) is 4.99. The lowest BCUT2D eigenvalue weighted by Gasteiger charge is -2.30. The molecule has 0 amide bonds. The fourth-order valence-corrected chi connectivity index (χ4v) is 2.18. The van der Waals surface area contributed by atoms with Crippen LogP contribution in [0.5, 0.6) is 0 Å². The van der Waals surface area contributed by atoms with E-state index in [0.717, 1.165) is 11.8 Å². The summed E-state index contributed by atoms with van der Waals surface area (Å²) < 4.78 is 0. The predicted molar refractivity (Wildman–Crippen MR) is 49.4 cm³/mol. The molecular formula is C10H21N. The van der Waals surface area contributed by atoms with E-state index in [1.807, 2.05) is 0 Å². The van der Waals surface area contributed by atoms with Crippen LogP contribution < -0.4 is 5.73 Å². The van der Waals surface area contributed by atoms with Crippen molar-refractivity contribution in [3.8, 4) is 0 Å². The zero-order valence-corrected chi connectivity index (χ0v) is 7.84. The molecule has 0 aliphatic heterocycles. The predicted octanol–water partition coefficient (Wildman–Crippen LogP) is 2.55. The van der Waals surface area contributed by atoms with Gasteiger partial charge >= 0.3 is 0 Å². The average Bonchev–Trinajstić information content (AvgIpc) is 2.05. The van der Waals surface area contributed by atoms with Gasteiger partial charge in [0, 0.05) is 6.04 Å². The van der Waals surface area contributed by atoms with Crippen molar-refractivity contribution in [1.82, 2.24) is 0 Å². The van der Waals surface area contributed by atoms with E-state index < -0.39 is 0 Å².